The highest BCUT2D eigenvalue weighted by Gasteiger charge is 2.13. The SMILES string of the molecule is CCc1nc(CC)n(C(C)C)c1N. The van der Waals surface area contributed by atoms with E-state index in [-0.39, 0.29) is 0 Å². The molecule has 1 heterocycles. The number of imidazole rings is 1. The number of nitrogen functional groups attached to an aromatic ring is 1. The summed E-state index contributed by atoms with van der Waals surface area (Å²) in [7, 11) is 0. The lowest BCUT2D eigenvalue weighted by Crippen LogP contribution is -2.09. The van der Waals surface area contributed by atoms with Gasteiger partial charge in [-0.15, -0.1) is 0 Å². The molecule has 0 aliphatic carbocycles. The Morgan fingerprint density at radius 1 is 1.31 bits per heavy atom. The summed E-state index contributed by atoms with van der Waals surface area (Å²) in [5.74, 6) is 1.94. The number of rotatable bonds is 3. The first kappa shape index (κ1) is 10.1. The highest BCUT2D eigenvalue weighted by molar-refractivity contribution is 5.38. The summed E-state index contributed by atoms with van der Waals surface area (Å²) in [6, 6.07) is 0.405. The summed E-state index contributed by atoms with van der Waals surface area (Å²) in [4.78, 5) is 4.51. The lowest BCUT2D eigenvalue weighted by Gasteiger charge is -2.12. The molecule has 1 rings (SSSR count). The second-order valence-corrected chi connectivity index (χ2v) is 3.53. The molecule has 0 bridgehead atoms. The van der Waals surface area contributed by atoms with Gasteiger partial charge in [0.25, 0.3) is 0 Å². The van der Waals surface area contributed by atoms with Crippen LogP contribution in [0.5, 0.6) is 0 Å². The van der Waals surface area contributed by atoms with Crippen molar-refractivity contribution in [1.82, 2.24) is 9.55 Å². The summed E-state index contributed by atoms with van der Waals surface area (Å²) >= 11 is 0. The number of nitrogens with zero attached hydrogens (tertiary/aromatic N) is 2. The molecule has 0 aliphatic heterocycles. The van der Waals surface area contributed by atoms with Gasteiger partial charge in [0.05, 0.1) is 5.69 Å². The smallest absolute Gasteiger partial charge is 0.127 e. The zero-order valence-corrected chi connectivity index (χ0v) is 8.96. The Bertz CT molecular complexity index is 287. The maximum absolute atomic E-state index is 5.99. The van der Waals surface area contributed by atoms with Crippen molar-refractivity contribution < 1.29 is 0 Å². The molecule has 0 aliphatic rings. The standard InChI is InChI=1S/C10H19N3/c1-5-8-10(11)13(7(3)4)9(6-2)12-8/h7H,5-6,11H2,1-4H3. The van der Waals surface area contributed by atoms with Gasteiger partial charge in [-0.3, -0.25) is 0 Å². The van der Waals surface area contributed by atoms with E-state index < -0.39 is 0 Å². The fourth-order valence-corrected chi connectivity index (χ4v) is 1.63. The lowest BCUT2D eigenvalue weighted by molar-refractivity contribution is 0.579. The Morgan fingerprint density at radius 3 is 2.23 bits per heavy atom. The Labute approximate surface area is 80.0 Å². The van der Waals surface area contributed by atoms with Gasteiger partial charge >= 0.3 is 0 Å². The van der Waals surface area contributed by atoms with Crippen molar-refractivity contribution in [3.63, 3.8) is 0 Å². The Kier molecular flexibility index (Phi) is 2.96. The van der Waals surface area contributed by atoms with Crippen LogP contribution in [-0.2, 0) is 12.8 Å². The van der Waals surface area contributed by atoms with Crippen LogP contribution in [0.4, 0.5) is 5.82 Å². The Morgan fingerprint density at radius 2 is 1.92 bits per heavy atom. The van der Waals surface area contributed by atoms with Crippen LogP contribution in [0.1, 0.15) is 45.3 Å². The second-order valence-electron chi connectivity index (χ2n) is 3.53. The zero-order chi connectivity index (χ0) is 10.0. The first-order valence-electron chi connectivity index (χ1n) is 4.97. The van der Waals surface area contributed by atoms with E-state index in [4.69, 9.17) is 5.73 Å². The van der Waals surface area contributed by atoms with E-state index in [2.05, 4.69) is 37.2 Å². The predicted octanol–water partition coefficient (Wildman–Crippen LogP) is 2.17. The van der Waals surface area contributed by atoms with E-state index in [0.29, 0.717) is 6.04 Å². The number of anilines is 1. The summed E-state index contributed by atoms with van der Waals surface area (Å²) in [6.07, 6.45) is 1.86. The van der Waals surface area contributed by atoms with Gasteiger partial charge in [-0.25, -0.2) is 4.98 Å². The number of aryl methyl sites for hydroxylation is 2. The van der Waals surface area contributed by atoms with Crippen molar-refractivity contribution in [2.24, 2.45) is 0 Å². The number of hydrogen-bond donors (Lipinski definition) is 1. The largest absolute Gasteiger partial charge is 0.384 e. The Hall–Kier alpha value is -0.990. The summed E-state index contributed by atoms with van der Waals surface area (Å²) < 4.78 is 2.12. The molecule has 0 unspecified atom stereocenters. The van der Waals surface area contributed by atoms with Gasteiger partial charge in [0.1, 0.15) is 11.6 Å². The predicted molar refractivity (Wildman–Crippen MR) is 55.8 cm³/mol. The topological polar surface area (TPSA) is 43.8 Å². The van der Waals surface area contributed by atoms with Crippen LogP contribution < -0.4 is 5.73 Å². The van der Waals surface area contributed by atoms with Crippen LogP contribution in [0.3, 0.4) is 0 Å². The molecule has 0 radical (unpaired) electrons. The minimum Gasteiger partial charge on any atom is -0.384 e. The number of aromatic nitrogens is 2. The van der Waals surface area contributed by atoms with E-state index in [1.807, 2.05) is 0 Å². The molecule has 3 nitrogen and oxygen atoms in total. The summed E-state index contributed by atoms with van der Waals surface area (Å²) in [5, 5.41) is 0. The molecule has 0 fully saturated rings. The molecule has 0 atom stereocenters. The first-order valence-corrected chi connectivity index (χ1v) is 4.97. The van der Waals surface area contributed by atoms with Crippen molar-refractivity contribution in [3.8, 4) is 0 Å². The molecule has 1 aromatic rings. The highest BCUT2D eigenvalue weighted by atomic mass is 15.2. The molecule has 0 amide bonds. The minimum absolute atomic E-state index is 0.405. The van der Waals surface area contributed by atoms with Crippen LogP contribution in [-0.4, -0.2) is 9.55 Å². The van der Waals surface area contributed by atoms with Crippen LogP contribution >= 0.6 is 0 Å². The minimum atomic E-state index is 0.405. The molecular formula is C10H19N3. The van der Waals surface area contributed by atoms with E-state index >= 15 is 0 Å². The van der Waals surface area contributed by atoms with Crippen molar-refractivity contribution in [1.29, 1.82) is 0 Å². The number of hydrogen-bond acceptors (Lipinski definition) is 2. The third-order valence-electron chi connectivity index (χ3n) is 2.26. The van der Waals surface area contributed by atoms with Gasteiger partial charge < -0.3 is 10.3 Å². The highest BCUT2D eigenvalue weighted by Crippen LogP contribution is 2.20. The second kappa shape index (κ2) is 3.81. The summed E-state index contributed by atoms with van der Waals surface area (Å²) in [6.45, 7) is 8.47. The summed E-state index contributed by atoms with van der Waals surface area (Å²) in [5.41, 5.74) is 7.02. The molecular weight excluding hydrogens is 162 g/mol. The molecule has 1 aromatic heterocycles. The van der Waals surface area contributed by atoms with Crippen molar-refractivity contribution in [2.75, 3.05) is 5.73 Å². The fourth-order valence-electron chi connectivity index (χ4n) is 1.63. The van der Waals surface area contributed by atoms with Gasteiger partial charge in [-0.2, -0.15) is 0 Å². The van der Waals surface area contributed by atoms with Crippen molar-refractivity contribution >= 4 is 5.82 Å². The van der Waals surface area contributed by atoms with Gasteiger partial charge in [0, 0.05) is 12.5 Å². The van der Waals surface area contributed by atoms with Gasteiger partial charge in [-0.05, 0) is 20.3 Å². The van der Waals surface area contributed by atoms with Crippen molar-refractivity contribution in [2.45, 2.75) is 46.6 Å². The van der Waals surface area contributed by atoms with Crippen LogP contribution in [0.15, 0.2) is 0 Å². The maximum atomic E-state index is 5.99. The monoisotopic (exact) mass is 181 g/mol. The molecule has 0 spiro atoms. The van der Waals surface area contributed by atoms with Crippen molar-refractivity contribution in [3.05, 3.63) is 11.5 Å². The molecule has 0 aromatic carbocycles. The Balaban J connectivity index is 3.20. The molecule has 2 N–H and O–H groups in total. The van der Waals surface area contributed by atoms with Crippen LogP contribution in [0, 0.1) is 0 Å². The quantitative estimate of drug-likeness (QED) is 0.776. The van der Waals surface area contributed by atoms with Crippen LogP contribution in [0.25, 0.3) is 0 Å². The first-order chi connectivity index (χ1) is 6.11. The van der Waals surface area contributed by atoms with Crippen LogP contribution in [0.2, 0.25) is 0 Å². The molecule has 13 heavy (non-hydrogen) atoms. The molecule has 0 saturated heterocycles. The maximum Gasteiger partial charge on any atom is 0.127 e. The van der Waals surface area contributed by atoms with E-state index in [1.165, 1.54) is 0 Å². The molecule has 0 saturated carbocycles. The number of nitrogens with two attached hydrogens (primary N) is 1. The zero-order valence-electron chi connectivity index (χ0n) is 8.96. The van der Waals surface area contributed by atoms with Gasteiger partial charge in [0.15, 0.2) is 0 Å². The fraction of sp³-hybridized carbons (Fsp3) is 0.700. The van der Waals surface area contributed by atoms with Gasteiger partial charge in [-0.1, -0.05) is 13.8 Å². The van der Waals surface area contributed by atoms with E-state index in [1.54, 1.807) is 0 Å². The van der Waals surface area contributed by atoms with Gasteiger partial charge in [0.2, 0.25) is 0 Å². The molecule has 74 valence electrons. The van der Waals surface area contributed by atoms with E-state index in [9.17, 15) is 0 Å². The third-order valence-corrected chi connectivity index (χ3v) is 2.26. The average molecular weight is 181 g/mol. The third kappa shape index (κ3) is 1.69. The lowest BCUT2D eigenvalue weighted by atomic mass is 10.3. The normalized spacial score (nSPS) is 11.2. The average Bonchev–Trinajstić information content (AvgIpc) is 2.41. The van der Waals surface area contributed by atoms with E-state index in [0.717, 1.165) is 30.2 Å². The molecule has 3 heteroatoms.